The van der Waals surface area contributed by atoms with E-state index >= 15 is 0 Å². The third kappa shape index (κ3) is 3.03. The van der Waals surface area contributed by atoms with Crippen molar-refractivity contribution < 1.29 is 9.50 Å². The molecule has 0 fully saturated rings. The third-order valence-corrected chi connectivity index (χ3v) is 2.09. The number of benzene rings is 1. The van der Waals surface area contributed by atoms with Gasteiger partial charge in [-0.3, -0.25) is 4.99 Å². The number of hydrogen-bond donors (Lipinski definition) is 2. The number of anilines is 1. The van der Waals surface area contributed by atoms with Gasteiger partial charge in [-0.2, -0.15) is 0 Å². The van der Waals surface area contributed by atoms with Crippen LogP contribution < -0.4 is 5.73 Å². The molecule has 0 aromatic heterocycles. The predicted octanol–water partition coefficient (Wildman–Crippen LogP) is 2.28. The molecule has 16 heavy (non-hydrogen) atoms. The minimum atomic E-state index is -0.553. The van der Waals surface area contributed by atoms with Gasteiger partial charge in [0.2, 0.25) is 0 Å². The highest BCUT2D eigenvalue weighted by molar-refractivity contribution is 5.87. The van der Waals surface area contributed by atoms with Gasteiger partial charge in [0.1, 0.15) is 0 Å². The summed E-state index contributed by atoms with van der Waals surface area (Å²) in [6, 6.07) is 1.71. The zero-order chi connectivity index (χ0) is 12.7. The van der Waals surface area contributed by atoms with E-state index in [0.717, 1.165) is 0 Å². The molecule has 3 N–H and O–H groups in total. The minimum absolute atomic E-state index is 0.0326. The molecule has 0 saturated heterocycles. The molecule has 0 atom stereocenters. The van der Waals surface area contributed by atoms with E-state index in [1.54, 1.807) is 20.0 Å². The molecule has 0 aliphatic carbocycles. The molecule has 0 aliphatic heterocycles. The summed E-state index contributed by atoms with van der Waals surface area (Å²) in [6.45, 7) is 5.38. The van der Waals surface area contributed by atoms with E-state index in [1.165, 1.54) is 6.21 Å². The number of halogens is 1. The Morgan fingerprint density at radius 2 is 2.06 bits per heavy atom. The molecular weight excluding hydrogens is 207 g/mol. The lowest BCUT2D eigenvalue weighted by molar-refractivity contribution is 0.275. The van der Waals surface area contributed by atoms with Crippen molar-refractivity contribution in [1.82, 2.24) is 0 Å². The SMILES string of the molecule is CC.CN=Cc1cc(C)c(CO)c(F)c1N. The first-order chi connectivity index (χ1) is 7.61. The quantitative estimate of drug-likeness (QED) is 0.600. The fourth-order valence-electron chi connectivity index (χ4n) is 1.30. The van der Waals surface area contributed by atoms with Crippen LogP contribution in [0.25, 0.3) is 0 Å². The van der Waals surface area contributed by atoms with Crippen LogP contribution in [-0.4, -0.2) is 18.4 Å². The standard InChI is InChI=1S/C10H13FN2O.C2H6/c1-6-3-7(4-13-2)10(12)9(11)8(6)5-14;1-2/h3-4,14H,5,12H2,1-2H3;1-2H3. The van der Waals surface area contributed by atoms with E-state index in [4.69, 9.17) is 10.8 Å². The summed E-state index contributed by atoms with van der Waals surface area (Å²) in [5, 5.41) is 8.92. The Balaban J connectivity index is 0.00000106. The average molecular weight is 226 g/mol. The van der Waals surface area contributed by atoms with Crippen molar-refractivity contribution in [2.75, 3.05) is 12.8 Å². The minimum Gasteiger partial charge on any atom is -0.396 e. The molecule has 0 heterocycles. The smallest absolute Gasteiger partial charge is 0.152 e. The largest absolute Gasteiger partial charge is 0.396 e. The number of nitrogen functional groups attached to an aromatic ring is 1. The van der Waals surface area contributed by atoms with Crippen molar-refractivity contribution in [1.29, 1.82) is 0 Å². The van der Waals surface area contributed by atoms with E-state index in [-0.39, 0.29) is 17.9 Å². The van der Waals surface area contributed by atoms with E-state index in [1.807, 2.05) is 13.8 Å². The second kappa shape index (κ2) is 6.95. The van der Waals surface area contributed by atoms with Crippen LogP contribution in [0.1, 0.15) is 30.5 Å². The molecule has 1 rings (SSSR count). The number of aliphatic imine (C=N–C) groups is 1. The Hall–Kier alpha value is -1.42. The number of rotatable bonds is 2. The topological polar surface area (TPSA) is 58.6 Å². The van der Waals surface area contributed by atoms with Crippen LogP contribution in [0.3, 0.4) is 0 Å². The van der Waals surface area contributed by atoms with Crippen molar-refractivity contribution in [2.24, 2.45) is 4.99 Å². The molecule has 0 saturated carbocycles. The highest BCUT2D eigenvalue weighted by Crippen LogP contribution is 2.22. The third-order valence-electron chi connectivity index (χ3n) is 2.09. The summed E-state index contributed by atoms with van der Waals surface area (Å²) in [5.74, 6) is -0.553. The molecule has 3 nitrogen and oxygen atoms in total. The number of aliphatic hydroxyl groups is 1. The average Bonchev–Trinajstić information content (AvgIpc) is 2.29. The van der Waals surface area contributed by atoms with Gasteiger partial charge in [-0.15, -0.1) is 0 Å². The van der Waals surface area contributed by atoms with E-state index in [9.17, 15) is 4.39 Å². The van der Waals surface area contributed by atoms with Gasteiger partial charge in [0.25, 0.3) is 0 Å². The van der Waals surface area contributed by atoms with Crippen LogP contribution in [0, 0.1) is 12.7 Å². The van der Waals surface area contributed by atoms with Gasteiger partial charge < -0.3 is 10.8 Å². The van der Waals surface area contributed by atoms with Gasteiger partial charge in [0.05, 0.1) is 12.3 Å². The van der Waals surface area contributed by atoms with Crippen molar-refractivity contribution in [2.45, 2.75) is 27.4 Å². The Morgan fingerprint density at radius 3 is 2.50 bits per heavy atom. The fraction of sp³-hybridized carbons (Fsp3) is 0.417. The van der Waals surface area contributed by atoms with Gasteiger partial charge in [0, 0.05) is 24.4 Å². The Kier molecular flexibility index (Phi) is 6.34. The van der Waals surface area contributed by atoms with Crippen molar-refractivity contribution in [3.8, 4) is 0 Å². The second-order valence-electron chi connectivity index (χ2n) is 3.03. The number of aryl methyl sites for hydroxylation is 1. The van der Waals surface area contributed by atoms with Crippen LogP contribution in [0.2, 0.25) is 0 Å². The molecule has 0 radical (unpaired) electrons. The molecular formula is C12H19FN2O. The van der Waals surface area contributed by atoms with Gasteiger partial charge in [0.15, 0.2) is 5.82 Å². The number of nitrogens with two attached hydrogens (primary N) is 1. The lowest BCUT2D eigenvalue weighted by Gasteiger charge is -2.09. The van der Waals surface area contributed by atoms with Gasteiger partial charge in [-0.05, 0) is 18.6 Å². The van der Waals surface area contributed by atoms with Gasteiger partial charge in [-0.1, -0.05) is 13.8 Å². The van der Waals surface area contributed by atoms with Crippen LogP contribution in [0.5, 0.6) is 0 Å². The first-order valence-electron chi connectivity index (χ1n) is 5.22. The first kappa shape index (κ1) is 14.6. The van der Waals surface area contributed by atoms with Crippen LogP contribution in [-0.2, 0) is 6.61 Å². The van der Waals surface area contributed by atoms with Crippen molar-refractivity contribution in [3.05, 3.63) is 28.6 Å². The highest BCUT2D eigenvalue weighted by Gasteiger charge is 2.11. The van der Waals surface area contributed by atoms with E-state index in [2.05, 4.69) is 4.99 Å². The summed E-state index contributed by atoms with van der Waals surface area (Å²) < 4.78 is 13.5. The molecule has 90 valence electrons. The maximum Gasteiger partial charge on any atom is 0.152 e. The van der Waals surface area contributed by atoms with Crippen LogP contribution in [0.4, 0.5) is 10.1 Å². The normalized spacial score (nSPS) is 10.1. The molecule has 0 aliphatic rings. The zero-order valence-corrected chi connectivity index (χ0v) is 10.2. The molecule has 0 amide bonds. The maximum absolute atomic E-state index is 13.5. The maximum atomic E-state index is 13.5. The predicted molar refractivity (Wildman–Crippen MR) is 66.3 cm³/mol. The number of hydrogen-bond acceptors (Lipinski definition) is 3. The Labute approximate surface area is 95.8 Å². The fourth-order valence-corrected chi connectivity index (χ4v) is 1.30. The van der Waals surface area contributed by atoms with Gasteiger partial charge >= 0.3 is 0 Å². The first-order valence-corrected chi connectivity index (χ1v) is 5.22. The van der Waals surface area contributed by atoms with E-state index < -0.39 is 5.82 Å². The molecule has 1 aromatic rings. The summed E-state index contributed by atoms with van der Waals surface area (Å²) >= 11 is 0. The number of nitrogens with zero attached hydrogens (tertiary/aromatic N) is 1. The molecule has 1 aromatic carbocycles. The van der Waals surface area contributed by atoms with Crippen molar-refractivity contribution in [3.63, 3.8) is 0 Å². The summed E-state index contributed by atoms with van der Waals surface area (Å²) in [6.07, 6.45) is 1.49. The molecule has 0 spiro atoms. The molecule has 0 unspecified atom stereocenters. The monoisotopic (exact) mass is 226 g/mol. The summed E-state index contributed by atoms with van der Waals surface area (Å²) in [5.41, 5.74) is 7.03. The van der Waals surface area contributed by atoms with Crippen molar-refractivity contribution >= 4 is 11.9 Å². The zero-order valence-electron chi connectivity index (χ0n) is 10.2. The Bertz CT molecular complexity index is 376. The summed E-state index contributed by atoms with van der Waals surface area (Å²) in [7, 11) is 1.59. The van der Waals surface area contributed by atoms with Crippen LogP contribution >= 0.6 is 0 Å². The highest BCUT2D eigenvalue weighted by atomic mass is 19.1. The molecule has 4 heteroatoms. The lowest BCUT2D eigenvalue weighted by Crippen LogP contribution is -2.04. The number of aliphatic hydroxyl groups excluding tert-OH is 1. The lowest BCUT2D eigenvalue weighted by atomic mass is 10.0. The summed E-state index contributed by atoms with van der Waals surface area (Å²) in [4.78, 5) is 3.77. The van der Waals surface area contributed by atoms with E-state index in [0.29, 0.717) is 11.1 Å². The van der Waals surface area contributed by atoms with Gasteiger partial charge in [-0.25, -0.2) is 4.39 Å². The van der Waals surface area contributed by atoms with Crippen LogP contribution in [0.15, 0.2) is 11.1 Å². The second-order valence-corrected chi connectivity index (χ2v) is 3.03. The molecule has 0 bridgehead atoms. The Morgan fingerprint density at radius 1 is 1.50 bits per heavy atom.